The van der Waals surface area contributed by atoms with Gasteiger partial charge in [0, 0.05) is 5.56 Å². The molecule has 2 nitrogen and oxygen atoms in total. The first-order valence-electron chi connectivity index (χ1n) is 5.55. The van der Waals surface area contributed by atoms with Crippen LogP contribution in [0.15, 0.2) is 18.2 Å². The second kappa shape index (κ2) is 4.76. The standard InChI is InChI=1S/C12H12F4O2/c13-8-1-2-10-9(6-8)7(3-4-18-10)5-11(17)12(14,15)16/h1-2,6-7,11,17H,3-5H2. The number of alkyl halides is 3. The molecule has 18 heavy (non-hydrogen) atoms. The monoisotopic (exact) mass is 264 g/mol. The SMILES string of the molecule is OC(CC1CCOc2ccc(F)cc21)C(F)(F)F. The number of fused-ring (bicyclic) bond motifs is 1. The van der Waals surface area contributed by atoms with Crippen LogP contribution < -0.4 is 4.74 Å². The zero-order valence-corrected chi connectivity index (χ0v) is 9.38. The van der Waals surface area contributed by atoms with Gasteiger partial charge in [-0.1, -0.05) is 0 Å². The van der Waals surface area contributed by atoms with Crippen molar-refractivity contribution in [3.05, 3.63) is 29.6 Å². The molecule has 0 saturated heterocycles. The molecule has 1 aromatic rings. The lowest BCUT2D eigenvalue weighted by molar-refractivity contribution is -0.207. The molecule has 2 atom stereocenters. The molecule has 100 valence electrons. The van der Waals surface area contributed by atoms with Crippen LogP contribution in [0.4, 0.5) is 17.6 Å². The average Bonchev–Trinajstić information content (AvgIpc) is 2.28. The topological polar surface area (TPSA) is 29.5 Å². The van der Waals surface area contributed by atoms with Crippen molar-refractivity contribution >= 4 is 0 Å². The summed E-state index contributed by atoms with van der Waals surface area (Å²) in [4.78, 5) is 0. The van der Waals surface area contributed by atoms with Gasteiger partial charge in [0.1, 0.15) is 17.7 Å². The quantitative estimate of drug-likeness (QED) is 0.832. The fourth-order valence-electron chi connectivity index (χ4n) is 2.08. The van der Waals surface area contributed by atoms with E-state index < -0.39 is 30.4 Å². The highest BCUT2D eigenvalue weighted by molar-refractivity contribution is 5.38. The summed E-state index contributed by atoms with van der Waals surface area (Å²) in [6.07, 6.45) is -7.17. The van der Waals surface area contributed by atoms with Crippen LogP contribution in [0, 0.1) is 5.82 Å². The third-order valence-electron chi connectivity index (χ3n) is 3.02. The average molecular weight is 264 g/mol. The summed E-state index contributed by atoms with van der Waals surface area (Å²) in [5, 5.41) is 9.07. The van der Waals surface area contributed by atoms with Crippen molar-refractivity contribution in [2.45, 2.75) is 31.0 Å². The van der Waals surface area contributed by atoms with Crippen molar-refractivity contribution < 1.29 is 27.4 Å². The molecule has 1 aromatic carbocycles. The number of aliphatic hydroxyl groups excluding tert-OH is 1. The molecule has 1 N–H and O–H groups in total. The maximum atomic E-state index is 13.1. The van der Waals surface area contributed by atoms with E-state index in [0.717, 1.165) is 0 Å². The second-order valence-corrected chi connectivity index (χ2v) is 4.31. The van der Waals surface area contributed by atoms with Crippen molar-refractivity contribution in [2.75, 3.05) is 6.61 Å². The summed E-state index contributed by atoms with van der Waals surface area (Å²) >= 11 is 0. The van der Waals surface area contributed by atoms with Crippen molar-refractivity contribution in [1.29, 1.82) is 0 Å². The first-order chi connectivity index (χ1) is 8.38. The lowest BCUT2D eigenvalue weighted by atomic mass is 9.88. The number of benzene rings is 1. The van der Waals surface area contributed by atoms with Crippen molar-refractivity contribution in [3.8, 4) is 5.75 Å². The number of aliphatic hydroxyl groups is 1. The molecular formula is C12H12F4O2. The molecule has 1 aliphatic heterocycles. The molecule has 6 heteroatoms. The van der Waals surface area contributed by atoms with E-state index in [1.54, 1.807) is 0 Å². The zero-order chi connectivity index (χ0) is 13.3. The lowest BCUT2D eigenvalue weighted by Gasteiger charge is -2.28. The summed E-state index contributed by atoms with van der Waals surface area (Å²) < 4.78 is 55.3. The van der Waals surface area contributed by atoms with E-state index in [1.165, 1.54) is 18.2 Å². The number of ether oxygens (including phenoxy) is 1. The van der Waals surface area contributed by atoms with Crippen LogP contribution >= 0.6 is 0 Å². The second-order valence-electron chi connectivity index (χ2n) is 4.31. The molecular weight excluding hydrogens is 252 g/mol. The summed E-state index contributed by atoms with van der Waals surface area (Å²) in [5.41, 5.74) is 0.393. The molecule has 2 unspecified atom stereocenters. The normalized spacial score (nSPS) is 21.1. The summed E-state index contributed by atoms with van der Waals surface area (Å²) in [5.74, 6) is -0.672. The Morgan fingerprint density at radius 2 is 2.11 bits per heavy atom. The number of rotatable bonds is 2. The minimum absolute atomic E-state index is 0.272. The number of hydrogen-bond acceptors (Lipinski definition) is 2. The van der Waals surface area contributed by atoms with Gasteiger partial charge in [-0.25, -0.2) is 4.39 Å². The van der Waals surface area contributed by atoms with Gasteiger partial charge in [-0.3, -0.25) is 0 Å². The Labute approximate surface area is 101 Å². The molecule has 0 fully saturated rings. The molecule has 0 bridgehead atoms. The van der Waals surface area contributed by atoms with Crippen LogP contribution in [0.1, 0.15) is 24.3 Å². The van der Waals surface area contributed by atoms with Crippen LogP contribution in [0.5, 0.6) is 5.75 Å². The molecule has 2 rings (SSSR count). The van der Waals surface area contributed by atoms with Gasteiger partial charge < -0.3 is 9.84 Å². The number of halogens is 4. The maximum Gasteiger partial charge on any atom is 0.414 e. The lowest BCUT2D eigenvalue weighted by Crippen LogP contribution is -2.31. The minimum atomic E-state index is -4.65. The highest BCUT2D eigenvalue weighted by Crippen LogP contribution is 2.39. The third kappa shape index (κ3) is 2.75. The molecule has 0 spiro atoms. The van der Waals surface area contributed by atoms with Crippen LogP contribution in [-0.4, -0.2) is 24.0 Å². The van der Waals surface area contributed by atoms with E-state index in [9.17, 15) is 17.6 Å². The van der Waals surface area contributed by atoms with Gasteiger partial charge >= 0.3 is 6.18 Å². The number of hydrogen-bond donors (Lipinski definition) is 1. The Hall–Kier alpha value is -1.30. The van der Waals surface area contributed by atoms with Gasteiger partial charge in [-0.05, 0) is 37.0 Å². The van der Waals surface area contributed by atoms with E-state index in [0.29, 0.717) is 17.7 Å². The van der Waals surface area contributed by atoms with Crippen LogP contribution in [-0.2, 0) is 0 Å². The predicted molar refractivity (Wildman–Crippen MR) is 55.9 cm³/mol. The molecule has 0 amide bonds. The van der Waals surface area contributed by atoms with E-state index in [1.807, 2.05) is 0 Å². The highest BCUT2D eigenvalue weighted by atomic mass is 19.4. The van der Waals surface area contributed by atoms with Crippen molar-refractivity contribution in [1.82, 2.24) is 0 Å². The van der Waals surface area contributed by atoms with E-state index >= 15 is 0 Å². The Bertz CT molecular complexity index is 431. The first kappa shape index (κ1) is 13.1. The van der Waals surface area contributed by atoms with Gasteiger partial charge in [0.05, 0.1) is 6.61 Å². The van der Waals surface area contributed by atoms with Crippen molar-refractivity contribution in [2.24, 2.45) is 0 Å². The van der Waals surface area contributed by atoms with Gasteiger partial charge in [-0.15, -0.1) is 0 Å². The maximum absolute atomic E-state index is 13.1. The van der Waals surface area contributed by atoms with E-state index in [-0.39, 0.29) is 6.61 Å². The van der Waals surface area contributed by atoms with Crippen LogP contribution in [0.3, 0.4) is 0 Å². The Morgan fingerprint density at radius 1 is 1.39 bits per heavy atom. The van der Waals surface area contributed by atoms with Gasteiger partial charge in [0.2, 0.25) is 0 Å². The van der Waals surface area contributed by atoms with E-state index in [2.05, 4.69) is 0 Å². The molecule has 1 heterocycles. The minimum Gasteiger partial charge on any atom is -0.493 e. The molecule has 1 aliphatic rings. The van der Waals surface area contributed by atoms with Gasteiger partial charge in [0.15, 0.2) is 0 Å². The highest BCUT2D eigenvalue weighted by Gasteiger charge is 2.40. The Kier molecular flexibility index (Phi) is 3.47. The summed E-state index contributed by atoms with van der Waals surface area (Å²) in [6, 6.07) is 3.76. The first-order valence-corrected chi connectivity index (χ1v) is 5.55. The molecule has 0 aromatic heterocycles. The van der Waals surface area contributed by atoms with E-state index in [4.69, 9.17) is 9.84 Å². The van der Waals surface area contributed by atoms with Gasteiger partial charge in [-0.2, -0.15) is 13.2 Å². The smallest absolute Gasteiger partial charge is 0.414 e. The largest absolute Gasteiger partial charge is 0.493 e. The fraction of sp³-hybridized carbons (Fsp3) is 0.500. The third-order valence-corrected chi connectivity index (χ3v) is 3.02. The van der Waals surface area contributed by atoms with Crippen molar-refractivity contribution in [3.63, 3.8) is 0 Å². The molecule has 0 radical (unpaired) electrons. The molecule has 0 saturated carbocycles. The van der Waals surface area contributed by atoms with Gasteiger partial charge in [0.25, 0.3) is 0 Å². The summed E-state index contributed by atoms with van der Waals surface area (Å²) in [7, 11) is 0. The van der Waals surface area contributed by atoms with Crippen LogP contribution in [0.2, 0.25) is 0 Å². The molecule has 0 aliphatic carbocycles. The zero-order valence-electron chi connectivity index (χ0n) is 9.38. The fourth-order valence-corrected chi connectivity index (χ4v) is 2.08. The van der Waals surface area contributed by atoms with Crippen LogP contribution in [0.25, 0.3) is 0 Å². The Balaban J connectivity index is 2.20. The summed E-state index contributed by atoms with van der Waals surface area (Å²) in [6.45, 7) is 0.272. The predicted octanol–water partition coefficient (Wildman–Crippen LogP) is 3.01. The Morgan fingerprint density at radius 3 is 2.78 bits per heavy atom.